The van der Waals surface area contributed by atoms with Gasteiger partial charge in [0.1, 0.15) is 5.75 Å². The highest BCUT2D eigenvalue weighted by Crippen LogP contribution is 2.22. The first kappa shape index (κ1) is 28.2. The molecule has 0 radical (unpaired) electrons. The number of amides is 2. The Labute approximate surface area is 241 Å². The standard InChI is InChI=1S/C33H39N5O3/c1-25(39)38(22-26-10-6-9-15-32(26)41-2)23-28(20-27-21-34-31-14-8-7-13-30(27)31)35-33(40)24-36-16-18-37(19-17-36)29-11-4-3-5-12-29/h3-15,21,28,34H,16-20,22-24H2,1-2H3,(H,35,40)/t28-/m0/s1. The molecule has 5 rings (SSSR count). The zero-order chi connectivity index (χ0) is 28.6. The molecule has 0 unspecified atom stereocenters. The molecule has 41 heavy (non-hydrogen) atoms. The van der Waals surface area contributed by atoms with E-state index in [0.717, 1.165) is 54.0 Å². The zero-order valence-corrected chi connectivity index (χ0v) is 23.9. The number of benzene rings is 3. The molecule has 2 heterocycles. The Balaban J connectivity index is 1.27. The van der Waals surface area contributed by atoms with Gasteiger partial charge in [0.15, 0.2) is 0 Å². The van der Waals surface area contributed by atoms with Gasteiger partial charge in [-0.2, -0.15) is 0 Å². The van der Waals surface area contributed by atoms with Gasteiger partial charge in [0.25, 0.3) is 0 Å². The molecule has 0 saturated carbocycles. The quantitative estimate of drug-likeness (QED) is 0.293. The van der Waals surface area contributed by atoms with E-state index in [0.29, 0.717) is 26.1 Å². The Morgan fingerprint density at radius 3 is 2.39 bits per heavy atom. The molecule has 1 fully saturated rings. The molecule has 1 aliphatic heterocycles. The van der Waals surface area contributed by atoms with E-state index in [2.05, 4.69) is 50.4 Å². The third kappa shape index (κ3) is 7.27. The highest BCUT2D eigenvalue weighted by atomic mass is 16.5. The minimum atomic E-state index is -0.258. The van der Waals surface area contributed by atoms with E-state index < -0.39 is 0 Å². The highest BCUT2D eigenvalue weighted by Gasteiger charge is 2.24. The van der Waals surface area contributed by atoms with Crippen molar-refractivity contribution in [2.75, 3.05) is 51.3 Å². The molecule has 8 nitrogen and oxygen atoms in total. The maximum atomic E-state index is 13.4. The highest BCUT2D eigenvalue weighted by molar-refractivity contribution is 5.83. The lowest BCUT2D eigenvalue weighted by molar-refractivity contribution is -0.131. The van der Waals surface area contributed by atoms with Crippen LogP contribution in [0, 0.1) is 0 Å². The molecule has 0 aliphatic carbocycles. The lowest BCUT2D eigenvalue weighted by atomic mass is 10.0. The summed E-state index contributed by atoms with van der Waals surface area (Å²) >= 11 is 0. The van der Waals surface area contributed by atoms with Crippen LogP contribution in [0.5, 0.6) is 5.75 Å². The summed E-state index contributed by atoms with van der Waals surface area (Å²) in [6, 6.07) is 26.0. The monoisotopic (exact) mass is 553 g/mol. The van der Waals surface area contributed by atoms with Gasteiger partial charge < -0.3 is 24.8 Å². The van der Waals surface area contributed by atoms with E-state index in [4.69, 9.17) is 4.74 Å². The molecule has 0 spiro atoms. The Bertz CT molecular complexity index is 1450. The van der Waals surface area contributed by atoms with Crippen molar-refractivity contribution in [2.24, 2.45) is 0 Å². The van der Waals surface area contributed by atoms with Gasteiger partial charge in [0, 0.05) is 74.5 Å². The molecule has 0 bridgehead atoms. The third-order valence-electron chi connectivity index (χ3n) is 7.81. The number of aromatic nitrogens is 1. The first-order valence-corrected chi connectivity index (χ1v) is 14.2. The van der Waals surface area contributed by atoms with Crippen LogP contribution in [0.3, 0.4) is 0 Å². The number of piperazine rings is 1. The summed E-state index contributed by atoms with van der Waals surface area (Å²) in [6.45, 7) is 6.11. The van der Waals surface area contributed by atoms with Gasteiger partial charge >= 0.3 is 0 Å². The average Bonchev–Trinajstić information content (AvgIpc) is 3.40. The maximum absolute atomic E-state index is 13.4. The summed E-state index contributed by atoms with van der Waals surface area (Å²) in [4.78, 5) is 35.9. The van der Waals surface area contributed by atoms with Gasteiger partial charge in [-0.3, -0.25) is 14.5 Å². The molecular weight excluding hydrogens is 514 g/mol. The van der Waals surface area contributed by atoms with E-state index in [9.17, 15) is 9.59 Å². The minimum absolute atomic E-state index is 0.0243. The Kier molecular flexibility index (Phi) is 9.21. The van der Waals surface area contributed by atoms with Crippen molar-refractivity contribution in [1.82, 2.24) is 20.1 Å². The van der Waals surface area contributed by atoms with Crippen LogP contribution in [-0.2, 0) is 22.6 Å². The van der Waals surface area contributed by atoms with Crippen LogP contribution in [0.2, 0.25) is 0 Å². The van der Waals surface area contributed by atoms with E-state index in [1.807, 2.05) is 54.7 Å². The van der Waals surface area contributed by atoms with Crippen molar-refractivity contribution in [1.29, 1.82) is 0 Å². The van der Waals surface area contributed by atoms with Crippen LogP contribution >= 0.6 is 0 Å². The number of fused-ring (bicyclic) bond motifs is 1. The van der Waals surface area contributed by atoms with Crippen LogP contribution < -0.4 is 15.0 Å². The topological polar surface area (TPSA) is 80.9 Å². The average molecular weight is 554 g/mol. The molecule has 3 aromatic carbocycles. The Morgan fingerprint density at radius 1 is 0.927 bits per heavy atom. The van der Waals surface area contributed by atoms with Gasteiger partial charge in [0.2, 0.25) is 11.8 Å². The van der Waals surface area contributed by atoms with Crippen molar-refractivity contribution < 1.29 is 14.3 Å². The summed E-state index contributed by atoms with van der Waals surface area (Å²) in [5.41, 5.74) is 4.32. The zero-order valence-electron chi connectivity index (χ0n) is 23.9. The molecule has 1 aliphatic rings. The summed E-state index contributed by atoms with van der Waals surface area (Å²) < 4.78 is 5.53. The molecule has 1 saturated heterocycles. The lowest BCUT2D eigenvalue weighted by Gasteiger charge is -2.36. The second-order valence-electron chi connectivity index (χ2n) is 10.6. The molecule has 214 valence electrons. The number of aromatic amines is 1. The number of carbonyl (C=O) groups excluding carboxylic acids is 2. The molecule has 2 N–H and O–H groups in total. The van der Waals surface area contributed by atoms with Crippen molar-refractivity contribution in [3.05, 3.63) is 96.2 Å². The van der Waals surface area contributed by atoms with Crippen molar-refractivity contribution in [2.45, 2.75) is 25.9 Å². The van der Waals surface area contributed by atoms with E-state index >= 15 is 0 Å². The molecular formula is C33H39N5O3. The van der Waals surface area contributed by atoms with Crippen LogP contribution in [0.4, 0.5) is 5.69 Å². The Hall–Kier alpha value is -4.30. The van der Waals surface area contributed by atoms with Gasteiger partial charge in [-0.15, -0.1) is 0 Å². The minimum Gasteiger partial charge on any atom is -0.496 e. The number of nitrogens with one attached hydrogen (secondary N) is 2. The van der Waals surface area contributed by atoms with Crippen LogP contribution in [0.1, 0.15) is 18.1 Å². The first-order chi connectivity index (χ1) is 20.0. The summed E-state index contributed by atoms with van der Waals surface area (Å²) in [6.07, 6.45) is 2.61. The van der Waals surface area contributed by atoms with Crippen molar-refractivity contribution >= 4 is 28.4 Å². The van der Waals surface area contributed by atoms with Gasteiger partial charge in [0.05, 0.1) is 19.7 Å². The van der Waals surface area contributed by atoms with Gasteiger partial charge in [-0.05, 0) is 36.2 Å². The number of para-hydroxylation sites is 3. The molecule has 8 heteroatoms. The maximum Gasteiger partial charge on any atom is 0.234 e. The third-order valence-corrected chi connectivity index (χ3v) is 7.81. The largest absolute Gasteiger partial charge is 0.496 e. The fourth-order valence-electron chi connectivity index (χ4n) is 5.62. The fourth-order valence-corrected chi connectivity index (χ4v) is 5.62. The molecule has 2 amide bonds. The summed E-state index contributed by atoms with van der Waals surface area (Å²) in [5, 5.41) is 4.40. The van der Waals surface area contributed by atoms with Crippen LogP contribution in [-0.4, -0.2) is 79.0 Å². The number of ether oxygens (including phenoxy) is 1. The number of hydrogen-bond acceptors (Lipinski definition) is 5. The van der Waals surface area contributed by atoms with Gasteiger partial charge in [-0.25, -0.2) is 0 Å². The smallest absolute Gasteiger partial charge is 0.234 e. The van der Waals surface area contributed by atoms with E-state index in [1.54, 1.807) is 18.9 Å². The summed E-state index contributed by atoms with van der Waals surface area (Å²) in [5.74, 6) is 0.667. The van der Waals surface area contributed by atoms with Crippen molar-refractivity contribution in [3.63, 3.8) is 0 Å². The number of rotatable bonds is 11. The number of methoxy groups -OCH3 is 1. The van der Waals surface area contributed by atoms with E-state index in [1.165, 1.54) is 5.69 Å². The number of H-pyrrole nitrogens is 1. The normalized spacial score (nSPS) is 14.5. The fraction of sp³-hybridized carbons (Fsp3) is 0.333. The number of hydrogen-bond donors (Lipinski definition) is 2. The number of anilines is 1. The van der Waals surface area contributed by atoms with Crippen LogP contribution in [0.15, 0.2) is 85.1 Å². The SMILES string of the molecule is COc1ccccc1CN(C[C@H](Cc1c[nH]c2ccccc12)NC(=O)CN1CCN(c2ccccc2)CC1)C(C)=O. The predicted molar refractivity (Wildman–Crippen MR) is 163 cm³/mol. The Morgan fingerprint density at radius 2 is 1.63 bits per heavy atom. The first-order valence-electron chi connectivity index (χ1n) is 14.2. The lowest BCUT2D eigenvalue weighted by Crippen LogP contribution is -2.52. The summed E-state index contributed by atoms with van der Waals surface area (Å²) in [7, 11) is 1.64. The number of carbonyl (C=O) groups is 2. The number of nitrogens with zero attached hydrogens (tertiary/aromatic N) is 3. The molecule has 4 aromatic rings. The second kappa shape index (κ2) is 13.4. The van der Waals surface area contributed by atoms with Crippen molar-refractivity contribution in [3.8, 4) is 5.75 Å². The van der Waals surface area contributed by atoms with Gasteiger partial charge in [-0.1, -0.05) is 54.6 Å². The predicted octanol–water partition coefficient (Wildman–Crippen LogP) is 4.07. The second-order valence-corrected chi connectivity index (χ2v) is 10.6. The van der Waals surface area contributed by atoms with Crippen LogP contribution in [0.25, 0.3) is 10.9 Å². The van der Waals surface area contributed by atoms with E-state index in [-0.39, 0.29) is 17.9 Å². The molecule has 1 atom stereocenters. The molecule has 1 aromatic heterocycles.